The minimum Gasteiger partial charge on any atom is -0.366 e. The third kappa shape index (κ3) is 6.97. The lowest BCUT2D eigenvalue weighted by molar-refractivity contribution is -0.130. The second-order valence-electron chi connectivity index (χ2n) is 5.85. The topological polar surface area (TPSA) is 38.3 Å². The summed E-state index contributed by atoms with van der Waals surface area (Å²) in [5.74, 6) is 0.403. The van der Waals surface area contributed by atoms with E-state index in [9.17, 15) is 4.79 Å². The van der Waals surface area contributed by atoms with Crippen molar-refractivity contribution in [3.05, 3.63) is 35.9 Å². The highest BCUT2D eigenvalue weighted by Crippen LogP contribution is 2.17. The van der Waals surface area contributed by atoms with E-state index in [2.05, 4.69) is 24.4 Å². The van der Waals surface area contributed by atoms with Gasteiger partial charge in [0.1, 0.15) is 6.61 Å². The van der Waals surface area contributed by atoms with E-state index >= 15 is 0 Å². The molecular weight excluding hydrogens is 238 g/mol. The lowest BCUT2D eigenvalue weighted by atomic mass is 9.98. The summed E-state index contributed by atoms with van der Waals surface area (Å²) in [4.78, 5) is 11.6. The van der Waals surface area contributed by atoms with Gasteiger partial charge in [-0.2, -0.15) is 0 Å². The molecule has 0 aliphatic carbocycles. The van der Waals surface area contributed by atoms with E-state index in [4.69, 9.17) is 4.74 Å². The Balaban J connectivity index is 2.22. The Morgan fingerprint density at radius 3 is 2.47 bits per heavy atom. The molecule has 1 aromatic carbocycles. The van der Waals surface area contributed by atoms with Crippen molar-refractivity contribution in [3.63, 3.8) is 0 Å². The van der Waals surface area contributed by atoms with Crippen molar-refractivity contribution in [1.82, 2.24) is 5.32 Å². The standard InChI is InChI=1S/C16H25NO2/c1-13(14-8-6-5-7-9-14)10-11-17-15(18)12-19-16(2,3)4/h5-9,13H,10-12H2,1-4H3,(H,17,18). The molecule has 0 saturated carbocycles. The van der Waals surface area contributed by atoms with Crippen LogP contribution in [-0.2, 0) is 9.53 Å². The molecule has 3 nitrogen and oxygen atoms in total. The minimum absolute atomic E-state index is 0.0461. The van der Waals surface area contributed by atoms with Crippen molar-refractivity contribution in [1.29, 1.82) is 0 Å². The van der Waals surface area contributed by atoms with Crippen molar-refractivity contribution in [2.45, 2.75) is 45.6 Å². The molecule has 0 heterocycles. The van der Waals surface area contributed by atoms with Gasteiger partial charge < -0.3 is 10.1 Å². The highest BCUT2D eigenvalue weighted by molar-refractivity contribution is 5.77. The first kappa shape index (κ1) is 15.7. The molecule has 0 aliphatic heterocycles. The molecule has 0 fully saturated rings. The number of benzene rings is 1. The van der Waals surface area contributed by atoms with Gasteiger partial charge in [-0.3, -0.25) is 4.79 Å². The lowest BCUT2D eigenvalue weighted by Crippen LogP contribution is -2.32. The molecule has 1 unspecified atom stereocenters. The number of amides is 1. The maximum absolute atomic E-state index is 11.6. The van der Waals surface area contributed by atoms with E-state index in [1.807, 2.05) is 39.0 Å². The lowest BCUT2D eigenvalue weighted by Gasteiger charge is -2.19. The average molecular weight is 263 g/mol. The molecule has 1 amide bonds. The molecule has 0 bridgehead atoms. The third-order valence-corrected chi connectivity index (χ3v) is 2.90. The fourth-order valence-corrected chi connectivity index (χ4v) is 1.71. The number of rotatable bonds is 6. The summed E-state index contributed by atoms with van der Waals surface area (Å²) >= 11 is 0. The fraction of sp³-hybridized carbons (Fsp3) is 0.562. The van der Waals surface area contributed by atoms with Crippen LogP contribution in [0.2, 0.25) is 0 Å². The van der Waals surface area contributed by atoms with Crippen LogP contribution in [0.4, 0.5) is 0 Å². The zero-order valence-electron chi connectivity index (χ0n) is 12.4. The first-order valence-electron chi connectivity index (χ1n) is 6.84. The minimum atomic E-state index is -0.269. The molecular formula is C16H25NO2. The van der Waals surface area contributed by atoms with E-state index in [1.54, 1.807) is 0 Å². The van der Waals surface area contributed by atoms with Gasteiger partial charge in [0.15, 0.2) is 0 Å². The molecule has 3 heteroatoms. The summed E-state index contributed by atoms with van der Waals surface area (Å²) in [6.45, 7) is 8.81. The zero-order chi connectivity index (χ0) is 14.3. The predicted molar refractivity (Wildman–Crippen MR) is 78.2 cm³/mol. The Morgan fingerprint density at radius 2 is 1.89 bits per heavy atom. The van der Waals surface area contributed by atoms with Crippen LogP contribution in [0.1, 0.15) is 45.6 Å². The van der Waals surface area contributed by atoms with Crippen molar-refractivity contribution >= 4 is 5.91 Å². The van der Waals surface area contributed by atoms with E-state index < -0.39 is 0 Å². The Bertz CT molecular complexity index is 381. The fourth-order valence-electron chi connectivity index (χ4n) is 1.71. The maximum atomic E-state index is 11.6. The summed E-state index contributed by atoms with van der Waals surface area (Å²) < 4.78 is 5.42. The van der Waals surface area contributed by atoms with Gasteiger partial charge >= 0.3 is 0 Å². The Labute approximate surface area is 116 Å². The van der Waals surface area contributed by atoms with E-state index in [1.165, 1.54) is 5.56 Å². The first-order chi connectivity index (χ1) is 8.88. The second kappa shape index (κ2) is 7.29. The third-order valence-electron chi connectivity index (χ3n) is 2.90. The number of carbonyl (C=O) groups is 1. The summed E-state index contributed by atoms with van der Waals surface area (Å²) in [5.41, 5.74) is 1.04. The summed E-state index contributed by atoms with van der Waals surface area (Å²) in [6.07, 6.45) is 0.936. The Hall–Kier alpha value is -1.35. The van der Waals surface area contributed by atoms with Crippen molar-refractivity contribution in [2.24, 2.45) is 0 Å². The molecule has 0 spiro atoms. The SMILES string of the molecule is CC(CCNC(=O)COC(C)(C)C)c1ccccc1. The highest BCUT2D eigenvalue weighted by Gasteiger charge is 2.12. The van der Waals surface area contributed by atoms with Crippen LogP contribution in [0, 0.1) is 0 Å². The summed E-state index contributed by atoms with van der Waals surface area (Å²) in [5, 5.41) is 2.89. The van der Waals surface area contributed by atoms with Gasteiger partial charge in [0.05, 0.1) is 5.60 Å². The van der Waals surface area contributed by atoms with Gasteiger partial charge in [0.2, 0.25) is 5.91 Å². The van der Waals surface area contributed by atoms with Crippen molar-refractivity contribution in [3.8, 4) is 0 Å². The molecule has 0 saturated heterocycles. The van der Waals surface area contributed by atoms with Crippen LogP contribution in [0.15, 0.2) is 30.3 Å². The second-order valence-corrected chi connectivity index (χ2v) is 5.85. The molecule has 0 aromatic heterocycles. The van der Waals surface area contributed by atoms with Gasteiger partial charge in [-0.05, 0) is 38.7 Å². The van der Waals surface area contributed by atoms with Gasteiger partial charge in [-0.25, -0.2) is 0 Å². The Kier molecular flexibility index (Phi) is 6.03. The van der Waals surface area contributed by atoms with Gasteiger partial charge in [-0.1, -0.05) is 37.3 Å². The number of hydrogen-bond donors (Lipinski definition) is 1. The first-order valence-corrected chi connectivity index (χ1v) is 6.84. The smallest absolute Gasteiger partial charge is 0.246 e. The molecule has 1 atom stereocenters. The number of ether oxygens (including phenoxy) is 1. The average Bonchev–Trinajstić information content (AvgIpc) is 2.36. The highest BCUT2D eigenvalue weighted by atomic mass is 16.5. The van der Waals surface area contributed by atoms with E-state index in [0.717, 1.165) is 6.42 Å². The molecule has 0 aliphatic rings. The summed E-state index contributed by atoms with van der Waals surface area (Å²) in [6, 6.07) is 10.3. The number of carbonyl (C=O) groups excluding carboxylic acids is 1. The zero-order valence-corrected chi connectivity index (χ0v) is 12.4. The van der Waals surface area contributed by atoms with Gasteiger partial charge in [0, 0.05) is 6.54 Å². The quantitative estimate of drug-likeness (QED) is 0.856. The van der Waals surface area contributed by atoms with Crippen molar-refractivity contribution < 1.29 is 9.53 Å². The van der Waals surface area contributed by atoms with Crippen LogP contribution in [0.3, 0.4) is 0 Å². The van der Waals surface area contributed by atoms with Crippen molar-refractivity contribution in [2.75, 3.05) is 13.2 Å². The number of nitrogens with one attached hydrogen (secondary N) is 1. The molecule has 106 valence electrons. The van der Waals surface area contributed by atoms with Crippen LogP contribution >= 0.6 is 0 Å². The molecule has 1 rings (SSSR count). The van der Waals surface area contributed by atoms with Crippen LogP contribution in [0.5, 0.6) is 0 Å². The molecule has 1 N–H and O–H groups in total. The molecule has 0 radical (unpaired) electrons. The van der Waals surface area contributed by atoms with Gasteiger partial charge in [0.25, 0.3) is 0 Å². The number of hydrogen-bond acceptors (Lipinski definition) is 2. The normalized spacial score (nSPS) is 13.1. The van der Waals surface area contributed by atoms with Crippen LogP contribution in [-0.4, -0.2) is 24.7 Å². The predicted octanol–water partition coefficient (Wildman–Crippen LogP) is 3.11. The molecule has 19 heavy (non-hydrogen) atoms. The van der Waals surface area contributed by atoms with Crippen LogP contribution < -0.4 is 5.32 Å². The van der Waals surface area contributed by atoms with Gasteiger partial charge in [-0.15, -0.1) is 0 Å². The summed E-state index contributed by atoms with van der Waals surface area (Å²) in [7, 11) is 0. The molecule has 1 aromatic rings. The van der Waals surface area contributed by atoms with E-state index in [0.29, 0.717) is 12.5 Å². The monoisotopic (exact) mass is 263 g/mol. The largest absolute Gasteiger partial charge is 0.366 e. The van der Waals surface area contributed by atoms with Crippen LogP contribution in [0.25, 0.3) is 0 Å². The maximum Gasteiger partial charge on any atom is 0.246 e. The van der Waals surface area contributed by atoms with E-state index in [-0.39, 0.29) is 18.1 Å². The Morgan fingerprint density at radius 1 is 1.26 bits per heavy atom.